The van der Waals surface area contributed by atoms with E-state index in [1.807, 2.05) is 0 Å². The molecule has 62 valence electrons. The van der Waals surface area contributed by atoms with Gasteiger partial charge in [0.25, 0.3) is 0 Å². The van der Waals surface area contributed by atoms with Crippen molar-refractivity contribution in [3.8, 4) is 0 Å². The van der Waals surface area contributed by atoms with E-state index in [1.165, 1.54) is 13.1 Å². The second-order valence-electron chi connectivity index (χ2n) is 1.94. The molecule has 0 atom stereocenters. The largest absolute Gasteiger partial charge is 0.409 e. The highest BCUT2D eigenvalue weighted by Gasteiger charge is 2.03. The fourth-order valence-electron chi connectivity index (χ4n) is 0.763. The van der Waals surface area contributed by atoms with Crippen LogP contribution in [0.3, 0.4) is 0 Å². The average Bonchev–Trinajstić information content (AvgIpc) is 2.30. The van der Waals surface area contributed by atoms with Gasteiger partial charge in [0.2, 0.25) is 0 Å². The lowest BCUT2D eigenvalue weighted by molar-refractivity contribution is -0.0133. The zero-order valence-electron chi connectivity index (χ0n) is 6.31. The van der Waals surface area contributed by atoms with Gasteiger partial charge in [0.1, 0.15) is 0 Å². The Morgan fingerprint density at radius 1 is 1.45 bits per heavy atom. The molecule has 1 heterocycles. The summed E-state index contributed by atoms with van der Waals surface area (Å²) in [4.78, 5) is 4.78. The Morgan fingerprint density at radius 3 is 2.36 bits per heavy atom. The molecule has 1 aromatic heterocycles. The molecular formula is C5H10N4O2. The van der Waals surface area contributed by atoms with Crippen LogP contribution < -0.4 is 10.8 Å². The molecule has 0 fully saturated rings. The summed E-state index contributed by atoms with van der Waals surface area (Å²) in [7, 11) is 3.14. The molecular weight excluding hydrogens is 148 g/mol. The van der Waals surface area contributed by atoms with Crippen LogP contribution in [0.5, 0.6) is 0 Å². The molecule has 0 aliphatic heterocycles. The SMILES string of the molecule is CN=c1cc(NC)n(O)n1O. The highest BCUT2D eigenvalue weighted by Crippen LogP contribution is 1.97. The van der Waals surface area contributed by atoms with Gasteiger partial charge < -0.3 is 15.7 Å². The van der Waals surface area contributed by atoms with Gasteiger partial charge in [0.15, 0.2) is 11.3 Å². The number of hydrogen-bond acceptors (Lipinski definition) is 4. The van der Waals surface area contributed by atoms with E-state index in [4.69, 9.17) is 10.4 Å². The second kappa shape index (κ2) is 2.57. The third-order valence-corrected chi connectivity index (χ3v) is 1.35. The normalized spacial score (nSPS) is 12.0. The van der Waals surface area contributed by atoms with Crippen molar-refractivity contribution in [1.82, 2.24) is 9.69 Å². The topological polar surface area (TPSA) is 74.7 Å². The number of nitrogens with zero attached hydrogens (tertiary/aromatic N) is 3. The van der Waals surface area contributed by atoms with Crippen LogP contribution in [-0.2, 0) is 0 Å². The molecule has 1 rings (SSSR count). The van der Waals surface area contributed by atoms with E-state index in [1.54, 1.807) is 7.05 Å². The van der Waals surface area contributed by atoms with Gasteiger partial charge in [-0.25, -0.2) is 0 Å². The fraction of sp³-hybridized carbons (Fsp3) is 0.400. The predicted octanol–water partition coefficient (Wildman–Crippen LogP) is -0.664. The van der Waals surface area contributed by atoms with E-state index in [0.717, 1.165) is 0 Å². The van der Waals surface area contributed by atoms with E-state index in [9.17, 15) is 0 Å². The maximum atomic E-state index is 9.06. The van der Waals surface area contributed by atoms with Crippen LogP contribution >= 0.6 is 0 Å². The number of anilines is 1. The van der Waals surface area contributed by atoms with E-state index < -0.39 is 0 Å². The van der Waals surface area contributed by atoms with Gasteiger partial charge in [0.05, 0.1) is 0 Å². The summed E-state index contributed by atoms with van der Waals surface area (Å²) >= 11 is 0. The van der Waals surface area contributed by atoms with E-state index in [0.29, 0.717) is 15.5 Å². The molecule has 0 aromatic carbocycles. The lowest BCUT2D eigenvalue weighted by Crippen LogP contribution is -2.20. The molecule has 0 aliphatic carbocycles. The Labute approximate surface area is 62.9 Å². The summed E-state index contributed by atoms with van der Waals surface area (Å²) in [6.07, 6.45) is 0. The summed E-state index contributed by atoms with van der Waals surface area (Å²) in [5, 5.41) is 20.8. The Kier molecular flexibility index (Phi) is 1.75. The summed E-state index contributed by atoms with van der Waals surface area (Å²) in [5.74, 6) is 0.369. The molecule has 0 saturated carbocycles. The molecule has 0 spiro atoms. The Bertz CT molecular complexity index is 311. The summed E-state index contributed by atoms with van der Waals surface area (Å²) in [5.41, 5.74) is 0.275. The van der Waals surface area contributed by atoms with Crippen LogP contribution in [0.25, 0.3) is 0 Å². The van der Waals surface area contributed by atoms with Gasteiger partial charge in [-0.15, -0.1) is 0 Å². The lowest BCUT2D eigenvalue weighted by atomic mass is 10.6. The summed E-state index contributed by atoms with van der Waals surface area (Å²) in [6.45, 7) is 0. The quantitative estimate of drug-likeness (QED) is 0.475. The average molecular weight is 158 g/mol. The van der Waals surface area contributed by atoms with Crippen LogP contribution in [0, 0.1) is 0 Å². The van der Waals surface area contributed by atoms with Crippen molar-refractivity contribution in [1.29, 1.82) is 0 Å². The molecule has 3 N–H and O–H groups in total. The van der Waals surface area contributed by atoms with Crippen molar-refractivity contribution in [3.05, 3.63) is 11.6 Å². The maximum Gasteiger partial charge on any atom is 0.190 e. The highest BCUT2D eigenvalue weighted by molar-refractivity contribution is 5.31. The highest BCUT2D eigenvalue weighted by atomic mass is 16.6. The van der Waals surface area contributed by atoms with Crippen LogP contribution in [0.15, 0.2) is 11.1 Å². The smallest absolute Gasteiger partial charge is 0.190 e. The standard InChI is InChI=1S/C5H10N4O2/c1-6-4-3-5(7-2)9(11)8(4)10/h3,6,10-11H,1-2H3. The van der Waals surface area contributed by atoms with Gasteiger partial charge in [-0.1, -0.05) is 9.69 Å². The number of rotatable bonds is 1. The number of nitrogens with one attached hydrogen (secondary N) is 1. The van der Waals surface area contributed by atoms with Crippen LogP contribution in [-0.4, -0.2) is 34.2 Å². The minimum Gasteiger partial charge on any atom is -0.409 e. The van der Waals surface area contributed by atoms with E-state index >= 15 is 0 Å². The van der Waals surface area contributed by atoms with Crippen molar-refractivity contribution >= 4 is 5.82 Å². The van der Waals surface area contributed by atoms with Gasteiger partial charge in [-0.2, -0.15) is 0 Å². The first kappa shape index (κ1) is 7.52. The van der Waals surface area contributed by atoms with Crippen molar-refractivity contribution in [2.45, 2.75) is 0 Å². The molecule has 1 aromatic rings. The maximum absolute atomic E-state index is 9.06. The number of hydrogen-bond donors (Lipinski definition) is 3. The molecule has 6 heteroatoms. The molecule has 0 amide bonds. The first-order valence-corrected chi connectivity index (χ1v) is 3.05. The minimum absolute atomic E-state index is 0.275. The lowest BCUT2D eigenvalue weighted by Gasteiger charge is -1.99. The van der Waals surface area contributed by atoms with Crippen molar-refractivity contribution in [2.24, 2.45) is 4.99 Å². The molecule has 6 nitrogen and oxygen atoms in total. The fourth-order valence-corrected chi connectivity index (χ4v) is 0.763. The van der Waals surface area contributed by atoms with Crippen LogP contribution in [0.4, 0.5) is 5.82 Å². The third-order valence-electron chi connectivity index (χ3n) is 1.35. The Hall–Kier alpha value is -1.59. The van der Waals surface area contributed by atoms with Gasteiger partial charge >= 0.3 is 0 Å². The first-order valence-electron chi connectivity index (χ1n) is 3.05. The molecule has 0 radical (unpaired) electrons. The van der Waals surface area contributed by atoms with Gasteiger partial charge in [-0.3, -0.25) is 4.99 Å². The van der Waals surface area contributed by atoms with Gasteiger partial charge in [-0.05, 0) is 0 Å². The van der Waals surface area contributed by atoms with Crippen LogP contribution in [0.2, 0.25) is 0 Å². The monoisotopic (exact) mass is 158 g/mol. The second-order valence-corrected chi connectivity index (χ2v) is 1.94. The third kappa shape index (κ3) is 1.02. The zero-order chi connectivity index (χ0) is 8.43. The number of aromatic nitrogens is 2. The summed E-state index contributed by atoms with van der Waals surface area (Å²) < 4.78 is 0. The van der Waals surface area contributed by atoms with E-state index in [2.05, 4.69) is 10.3 Å². The van der Waals surface area contributed by atoms with Crippen LogP contribution in [0.1, 0.15) is 0 Å². The van der Waals surface area contributed by atoms with Crippen molar-refractivity contribution in [2.75, 3.05) is 19.4 Å². The molecule has 0 saturated heterocycles. The minimum atomic E-state index is 0.275. The van der Waals surface area contributed by atoms with E-state index in [-0.39, 0.29) is 5.49 Å². The summed E-state index contributed by atoms with van der Waals surface area (Å²) in [6, 6.07) is 1.50. The van der Waals surface area contributed by atoms with Crippen molar-refractivity contribution < 1.29 is 10.4 Å². The van der Waals surface area contributed by atoms with Crippen molar-refractivity contribution in [3.63, 3.8) is 0 Å². The molecule has 0 unspecified atom stereocenters. The molecule has 0 aliphatic rings. The zero-order valence-corrected chi connectivity index (χ0v) is 6.31. The van der Waals surface area contributed by atoms with Gasteiger partial charge in [0, 0.05) is 20.2 Å². The predicted molar refractivity (Wildman–Crippen MR) is 37.8 cm³/mol. The molecule has 11 heavy (non-hydrogen) atoms. The Morgan fingerprint density at radius 2 is 2.09 bits per heavy atom. The first-order chi connectivity index (χ1) is 5.20. The Balaban J connectivity index is 3.35. The molecule has 0 bridgehead atoms.